The topological polar surface area (TPSA) is 17.1 Å². The van der Waals surface area contributed by atoms with Crippen LogP contribution >= 0.6 is 21.6 Å². The van der Waals surface area contributed by atoms with Gasteiger partial charge in [0.2, 0.25) is 0 Å². The second kappa shape index (κ2) is 7.60. The lowest BCUT2D eigenvalue weighted by Gasteiger charge is -2.15. The van der Waals surface area contributed by atoms with Crippen LogP contribution in [0.3, 0.4) is 0 Å². The second-order valence-corrected chi connectivity index (χ2v) is 8.23. The Bertz CT molecular complexity index is 216. The van der Waals surface area contributed by atoms with Crippen LogP contribution in [-0.4, -0.2) is 20.5 Å². The molecular weight excluding hydrogens is 232 g/mol. The van der Waals surface area contributed by atoms with Gasteiger partial charge in [-0.25, -0.2) is 0 Å². The van der Waals surface area contributed by atoms with E-state index in [9.17, 15) is 4.21 Å². The molecule has 0 aliphatic rings. The van der Waals surface area contributed by atoms with Crippen molar-refractivity contribution < 1.29 is 4.21 Å². The SMILES string of the molecule is C=CCSS/C=C/CS(=O)C(C)(C)C. The lowest BCUT2D eigenvalue weighted by atomic mass is 10.3. The number of rotatable bonds is 6. The molecular formula is C10H18OS3. The Morgan fingerprint density at radius 3 is 2.57 bits per heavy atom. The fraction of sp³-hybridized carbons (Fsp3) is 0.600. The maximum absolute atomic E-state index is 11.6. The maximum atomic E-state index is 11.6. The molecule has 0 radical (unpaired) electrons. The molecule has 0 amide bonds. The fourth-order valence-corrected chi connectivity index (χ4v) is 2.86. The average Bonchev–Trinajstić information content (AvgIpc) is 2.09. The van der Waals surface area contributed by atoms with Gasteiger partial charge in [0.25, 0.3) is 0 Å². The van der Waals surface area contributed by atoms with Gasteiger partial charge in [-0.05, 0) is 26.2 Å². The first kappa shape index (κ1) is 14.3. The Morgan fingerprint density at radius 2 is 2.07 bits per heavy atom. The summed E-state index contributed by atoms with van der Waals surface area (Å²) in [5, 5.41) is 2.00. The molecule has 0 saturated carbocycles. The average molecular weight is 250 g/mol. The summed E-state index contributed by atoms with van der Waals surface area (Å²) in [7, 11) is 2.61. The van der Waals surface area contributed by atoms with Crippen LogP contribution in [0.5, 0.6) is 0 Å². The lowest BCUT2D eigenvalue weighted by Crippen LogP contribution is -2.23. The van der Waals surface area contributed by atoms with E-state index in [-0.39, 0.29) is 4.75 Å². The molecule has 0 heterocycles. The van der Waals surface area contributed by atoms with Crippen molar-refractivity contribution in [1.82, 2.24) is 0 Å². The Balaban J connectivity index is 3.62. The standard InChI is InChI=1S/C10H18OS3/c1-5-7-12-13-8-6-9-14(11)10(2,3)4/h5-6,8H,1,7,9H2,2-4H3/b8-6+. The second-order valence-electron chi connectivity index (χ2n) is 3.67. The molecule has 82 valence electrons. The Kier molecular flexibility index (Phi) is 7.78. The molecule has 0 fully saturated rings. The van der Waals surface area contributed by atoms with Crippen molar-refractivity contribution in [3.63, 3.8) is 0 Å². The van der Waals surface area contributed by atoms with Gasteiger partial charge in [-0.1, -0.05) is 33.7 Å². The summed E-state index contributed by atoms with van der Waals surface area (Å²) in [6.07, 6.45) is 3.85. The molecule has 0 saturated heterocycles. The summed E-state index contributed by atoms with van der Waals surface area (Å²) in [4.78, 5) is 0. The highest BCUT2D eigenvalue weighted by Crippen LogP contribution is 2.22. The zero-order chi connectivity index (χ0) is 11.0. The van der Waals surface area contributed by atoms with Crippen LogP contribution in [0.4, 0.5) is 0 Å². The first-order chi connectivity index (χ1) is 6.48. The van der Waals surface area contributed by atoms with Crippen molar-refractivity contribution in [1.29, 1.82) is 0 Å². The van der Waals surface area contributed by atoms with E-state index in [0.717, 1.165) is 5.75 Å². The van der Waals surface area contributed by atoms with Crippen LogP contribution in [0.1, 0.15) is 20.8 Å². The van der Waals surface area contributed by atoms with Crippen molar-refractivity contribution in [3.8, 4) is 0 Å². The normalized spacial score (nSPS) is 14.5. The summed E-state index contributed by atoms with van der Waals surface area (Å²) >= 11 is 0. The predicted octanol–water partition coefficient (Wildman–Crippen LogP) is 3.61. The molecule has 0 bridgehead atoms. The Hall–Kier alpha value is 0.330. The van der Waals surface area contributed by atoms with Crippen LogP contribution in [-0.2, 0) is 10.8 Å². The molecule has 0 aromatic carbocycles. The lowest BCUT2D eigenvalue weighted by molar-refractivity contribution is 0.651. The first-order valence-electron chi connectivity index (χ1n) is 4.41. The van der Waals surface area contributed by atoms with Crippen molar-refractivity contribution in [3.05, 3.63) is 24.1 Å². The smallest absolute Gasteiger partial charge is 0.0428 e. The van der Waals surface area contributed by atoms with Gasteiger partial charge in [0.05, 0.1) is 0 Å². The quantitative estimate of drug-likeness (QED) is 0.407. The molecule has 0 aliphatic heterocycles. The highest BCUT2D eigenvalue weighted by molar-refractivity contribution is 8.77. The largest absolute Gasteiger partial charge is 0.259 e. The van der Waals surface area contributed by atoms with Gasteiger partial charge < -0.3 is 0 Å². The molecule has 14 heavy (non-hydrogen) atoms. The highest BCUT2D eigenvalue weighted by atomic mass is 33.1. The minimum absolute atomic E-state index is 0.108. The predicted molar refractivity (Wildman–Crippen MR) is 72.1 cm³/mol. The van der Waals surface area contributed by atoms with E-state index in [1.54, 1.807) is 21.6 Å². The van der Waals surface area contributed by atoms with Gasteiger partial charge in [0.1, 0.15) is 0 Å². The van der Waals surface area contributed by atoms with Crippen molar-refractivity contribution in [2.75, 3.05) is 11.5 Å². The summed E-state index contributed by atoms with van der Waals surface area (Å²) < 4.78 is 11.5. The van der Waals surface area contributed by atoms with Gasteiger partial charge in [0, 0.05) is 27.1 Å². The van der Waals surface area contributed by atoms with Crippen LogP contribution in [0.25, 0.3) is 0 Å². The van der Waals surface area contributed by atoms with Crippen molar-refractivity contribution >= 4 is 32.4 Å². The molecule has 0 rings (SSSR count). The van der Waals surface area contributed by atoms with Crippen molar-refractivity contribution in [2.24, 2.45) is 0 Å². The van der Waals surface area contributed by atoms with E-state index in [4.69, 9.17) is 0 Å². The van der Waals surface area contributed by atoms with Gasteiger partial charge in [0.15, 0.2) is 0 Å². The maximum Gasteiger partial charge on any atom is 0.0428 e. The molecule has 4 heteroatoms. The Morgan fingerprint density at radius 1 is 1.43 bits per heavy atom. The summed E-state index contributed by atoms with van der Waals surface area (Å²) in [5.74, 6) is 1.59. The Labute approximate surface area is 97.7 Å². The zero-order valence-corrected chi connectivity index (χ0v) is 11.4. The number of hydrogen-bond donors (Lipinski definition) is 0. The summed E-state index contributed by atoms with van der Waals surface area (Å²) in [6.45, 7) is 9.62. The number of hydrogen-bond acceptors (Lipinski definition) is 3. The van der Waals surface area contributed by atoms with Gasteiger partial charge >= 0.3 is 0 Å². The molecule has 0 aromatic heterocycles. The van der Waals surface area contributed by atoms with Crippen LogP contribution < -0.4 is 0 Å². The molecule has 1 unspecified atom stereocenters. The third-order valence-corrected chi connectivity index (χ3v) is 5.16. The van der Waals surface area contributed by atoms with Gasteiger partial charge in [-0.15, -0.1) is 6.58 Å². The van der Waals surface area contributed by atoms with Crippen LogP contribution in [0, 0.1) is 0 Å². The van der Waals surface area contributed by atoms with Crippen LogP contribution in [0.2, 0.25) is 0 Å². The highest BCUT2D eigenvalue weighted by Gasteiger charge is 2.17. The minimum Gasteiger partial charge on any atom is -0.259 e. The van der Waals surface area contributed by atoms with E-state index < -0.39 is 10.8 Å². The molecule has 0 spiro atoms. The van der Waals surface area contributed by atoms with E-state index in [1.807, 2.05) is 38.3 Å². The monoisotopic (exact) mass is 250 g/mol. The van der Waals surface area contributed by atoms with Gasteiger partial charge in [-0.2, -0.15) is 0 Å². The molecule has 0 N–H and O–H groups in total. The van der Waals surface area contributed by atoms with E-state index in [0.29, 0.717) is 5.75 Å². The third-order valence-electron chi connectivity index (χ3n) is 1.34. The van der Waals surface area contributed by atoms with E-state index in [1.165, 1.54) is 0 Å². The van der Waals surface area contributed by atoms with E-state index >= 15 is 0 Å². The fourth-order valence-electron chi connectivity index (χ4n) is 0.543. The first-order valence-corrected chi connectivity index (χ1v) is 8.11. The molecule has 0 aromatic rings. The molecule has 0 aliphatic carbocycles. The minimum atomic E-state index is -0.774. The molecule has 1 nitrogen and oxygen atoms in total. The molecule has 1 atom stereocenters. The summed E-state index contributed by atoms with van der Waals surface area (Å²) in [6, 6.07) is 0. The zero-order valence-electron chi connectivity index (χ0n) is 8.99. The van der Waals surface area contributed by atoms with Crippen LogP contribution in [0.15, 0.2) is 24.1 Å². The third kappa shape index (κ3) is 7.71. The van der Waals surface area contributed by atoms with E-state index in [2.05, 4.69) is 6.58 Å². The van der Waals surface area contributed by atoms with Crippen molar-refractivity contribution in [2.45, 2.75) is 25.5 Å². The summed E-state index contributed by atoms with van der Waals surface area (Å²) in [5.41, 5.74) is 0. The van der Waals surface area contributed by atoms with Gasteiger partial charge in [-0.3, -0.25) is 4.21 Å².